The van der Waals surface area contributed by atoms with Crippen LogP contribution in [0.1, 0.15) is 10.9 Å². The number of terminal acetylenes is 1. The lowest BCUT2D eigenvalue weighted by molar-refractivity contribution is -0.121. The zero-order chi connectivity index (χ0) is 13.0. The van der Waals surface area contributed by atoms with Crippen LogP contribution in [0.5, 0.6) is 0 Å². The summed E-state index contributed by atoms with van der Waals surface area (Å²) in [7, 11) is 0. The largest absolute Gasteiger partial charge is 0.344 e. The lowest BCUT2D eigenvalue weighted by atomic mass is 10.1. The summed E-state index contributed by atoms with van der Waals surface area (Å²) in [6.45, 7) is 0.113. The molecule has 1 atom stereocenters. The maximum Gasteiger partial charge on any atom is 0.245 e. The van der Waals surface area contributed by atoms with Crippen LogP contribution in [0.25, 0.3) is 10.2 Å². The third kappa shape index (κ3) is 2.32. The van der Waals surface area contributed by atoms with E-state index in [9.17, 15) is 4.79 Å². The smallest absolute Gasteiger partial charge is 0.245 e. The molecular weight excluding hydrogens is 246 g/mol. The fourth-order valence-electron chi connectivity index (χ4n) is 1.48. The number of aromatic nitrogens is 1. The highest BCUT2D eigenvalue weighted by Gasteiger charge is 2.23. The van der Waals surface area contributed by atoms with E-state index < -0.39 is 11.8 Å². The fraction of sp³-hybridized carbons (Fsp3) is 0.154. The number of rotatable bonds is 3. The number of benzene rings is 1. The van der Waals surface area contributed by atoms with Crippen LogP contribution in [0.2, 0.25) is 0 Å². The van der Waals surface area contributed by atoms with Crippen molar-refractivity contribution >= 4 is 27.5 Å². The van der Waals surface area contributed by atoms with Gasteiger partial charge in [0.15, 0.2) is 5.92 Å². The van der Waals surface area contributed by atoms with Crippen molar-refractivity contribution in [1.29, 1.82) is 5.26 Å². The van der Waals surface area contributed by atoms with Gasteiger partial charge in [-0.15, -0.1) is 17.8 Å². The molecule has 1 aromatic carbocycles. The standard InChI is InChI=1S/C13H9N3OS/c1-2-7-15-12(17)9(8-14)13-16-10-5-3-4-6-11(10)18-13/h1,3-6,9H,7H2,(H,15,17). The molecule has 0 fully saturated rings. The summed E-state index contributed by atoms with van der Waals surface area (Å²) in [6, 6.07) is 9.47. The molecule has 1 unspecified atom stereocenters. The number of nitrogens with one attached hydrogen (secondary N) is 1. The lowest BCUT2D eigenvalue weighted by Gasteiger charge is -2.04. The maximum absolute atomic E-state index is 11.7. The number of nitriles is 1. The van der Waals surface area contributed by atoms with Gasteiger partial charge < -0.3 is 5.32 Å². The van der Waals surface area contributed by atoms with Crippen molar-refractivity contribution in [1.82, 2.24) is 10.3 Å². The van der Waals surface area contributed by atoms with E-state index in [4.69, 9.17) is 11.7 Å². The number of nitrogens with zero attached hydrogens (tertiary/aromatic N) is 2. The highest BCUT2D eigenvalue weighted by atomic mass is 32.1. The molecule has 0 aliphatic heterocycles. The molecule has 0 spiro atoms. The summed E-state index contributed by atoms with van der Waals surface area (Å²) in [4.78, 5) is 16.0. The van der Waals surface area contributed by atoms with Crippen molar-refractivity contribution in [3.8, 4) is 18.4 Å². The first-order valence-electron chi connectivity index (χ1n) is 5.22. The second kappa shape index (κ2) is 5.31. The Balaban J connectivity index is 2.31. The van der Waals surface area contributed by atoms with E-state index in [1.54, 1.807) is 0 Å². The molecule has 88 valence electrons. The number of para-hydroxylation sites is 1. The van der Waals surface area contributed by atoms with E-state index in [2.05, 4.69) is 16.2 Å². The Morgan fingerprint density at radius 2 is 2.33 bits per heavy atom. The molecule has 2 aromatic rings. The van der Waals surface area contributed by atoms with Crippen LogP contribution < -0.4 is 5.32 Å². The van der Waals surface area contributed by atoms with Gasteiger partial charge in [0.2, 0.25) is 5.91 Å². The molecule has 0 aliphatic rings. The van der Waals surface area contributed by atoms with E-state index in [0.29, 0.717) is 5.01 Å². The molecule has 1 amide bonds. The molecule has 0 radical (unpaired) electrons. The van der Waals surface area contributed by atoms with Gasteiger partial charge in [-0.05, 0) is 12.1 Å². The molecule has 0 saturated carbocycles. The fourth-order valence-corrected chi connectivity index (χ4v) is 2.49. The summed E-state index contributed by atoms with van der Waals surface area (Å²) in [5.41, 5.74) is 0.794. The van der Waals surface area contributed by atoms with Crippen LogP contribution in [0.4, 0.5) is 0 Å². The average molecular weight is 255 g/mol. The van der Waals surface area contributed by atoms with Crippen LogP contribution in [0, 0.1) is 23.7 Å². The van der Waals surface area contributed by atoms with Gasteiger partial charge >= 0.3 is 0 Å². The summed E-state index contributed by atoms with van der Waals surface area (Å²) in [5, 5.41) is 12.1. The number of carbonyl (C=O) groups is 1. The third-order valence-corrected chi connectivity index (χ3v) is 3.41. The molecular formula is C13H9N3OS. The van der Waals surface area contributed by atoms with Crippen LogP contribution in [0.3, 0.4) is 0 Å². The zero-order valence-corrected chi connectivity index (χ0v) is 10.2. The monoisotopic (exact) mass is 255 g/mol. The average Bonchev–Trinajstić information content (AvgIpc) is 2.80. The maximum atomic E-state index is 11.7. The zero-order valence-electron chi connectivity index (χ0n) is 9.38. The van der Waals surface area contributed by atoms with E-state index >= 15 is 0 Å². The van der Waals surface area contributed by atoms with Gasteiger partial charge in [0.05, 0.1) is 22.8 Å². The molecule has 2 rings (SSSR count). The number of carbonyl (C=O) groups excluding carboxylic acids is 1. The van der Waals surface area contributed by atoms with Gasteiger partial charge in [-0.25, -0.2) is 4.98 Å². The van der Waals surface area contributed by atoms with Gasteiger partial charge in [-0.1, -0.05) is 18.1 Å². The number of thiazole rings is 1. The Kier molecular flexibility index (Phi) is 3.57. The van der Waals surface area contributed by atoms with E-state index in [1.807, 2.05) is 30.3 Å². The van der Waals surface area contributed by atoms with Crippen molar-refractivity contribution < 1.29 is 4.79 Å². The van der Waals surface area contributed by atoms with Crippen molar-refractivity contribution in [3.05, 3.63) is 29.3 Å². The Labute approximate surface area is 108 Å². The highest BCUT2D eigenvalue weighted by molar-refractivity contribution is 7.18. The van der Waals surface area contributed by atoms with Crippen LogP contribution in [-0.4, -0.2) is 17.4 Å². The molecule has 0 aliphatic carbocycles. The van der Waals surface area contributed by atoms with Crippen LogP contribution in [0.15, 0.2) is 24.3 Å². The molecule has 0 bridgehead atoms. The predicted octanol–water partition coefficient (Wildman–Crippen LogP) is 1.65. The summed E-state index contributed by atoms with van der Waals surface area (Å²) >= 11 is 1.35. The van der Waals surface area contributed by atoms with Crippen molar-refractivity contribution in [3.63, 3.8) is 0 Å². The second-order valence-corrected chi connectivity index (χ2v) is 4.57. The van der Waals surface area contributed by atoms with Gasteiger partial charge in [-0.3, -0.25) is 4.79 Å². The lowest BCUT2D eigenvalue weighted by Crippen LogP contribution is -2.28. The minimum Gasteiger partial charge on any atom is -0.344 e. The van der Waals surface area contributed by atoms with Crippen LogP contribution >= 0.6 is 11.3 Å². The minimum atomic E-state index is -0.907. The van der Waals surface area contributed by atoms with E-state index in [0.717, 1.165) is 10.2 Å². The Hall–Kier alpha value is -2.37. The van der Waals surface area contributed by atoms with E-state index in [-0.39, 0.29) is 6.54 Å². The van der Waals surface area contributed by atoms with E-state index in [1.165, 1.54) is 11.3 Å². The highest BCUT2D eigenvalue weighted by Crippen LogP contribution is 2.27. The topological polar surface area (TPSA) is 65.8 Å². The van der Waals surface area contributed by atoms with Crippen molar-refractivity contribution in [2.45, 2.75) is 5.92 Å². The number of amides is 1. The van der Waals surface area contributed by atoms with Gasteiger partial charge in [-0.2, -0.15) is 5.26 Å². The van der Waals surface area contributed by atoms with Gasteiger partial charge in [0.1, 0.15) is 5.01 Å². The number of hydrogen-bond donors (Lipinski definition) is 1. The minimum absolute atomic E-state index is 0.113. The van der Waals surface area contributed by atoms with Crippen molar-refractivity contribution in [2.24, 2.45) is 0 Å². The molecule has 1 aromatic heterocycles. The molecule has 5 heteroatoms. The first kappa shape index (κ1) is 12.1. The van der Waals surface area contributed by atoms with Crippen LogP contribution in [-0.2, 0) is 4.79 Å². The number of hydrogen-bond acceptors (Lipinski definition) is 4. The number of fused-ring (bicyclic) bond motifs is 1. The Morgan fingerprint density at radius 3 is 3.00 bits per heavy atom. The quantitative estimate of drug-likeness (QED) is 0.848. The first-order chi connectivity index (χ1) is 8.76. The van der Waals surface area contributed by atoms with Crippen molar-refractivity contribution in [2.75, 3.05) is 6.54 Å². The SMILES string of the molecule is C#CCNC(=O)C(C#N)c1nc2ccccc2s1. The molecule has 1 N–H and O–H groups in total. The summed E-state index contributed by atoms with van der Waals surface area (Å²) in [5.74, 6) is 0.983. The molecule has 18 heavy (non-hydrogen) atoms. The van der Waals surface area contributed by atoms with Gasteiger partial charge in [0, 0.05) is 0 Å². The molecule has 0 saturated heterocycles. The Morgan fingerprint density at radius 1 is 1.56 bits per heavy atom. The normalized spacial score (nSPS) is 11.4. The Bertz CT molecular complexity index is 630. The first-order valence-corrected chi connectivity index (χ1v) is 6.04. The third-order valence-electron chi connectivity index (χ3n) is 2.31. The van der Waals surface area contributed by atoms with Gasteiger partial charge in [0.25, 0.3) is 0 Å². The predicted molar refractivity (Wildman–Crippen MR) is 69.8 cm³/mol. The summed E-state index contributed by atoms with van der Waals surface area (Å²) in [6.07, 6.45) is 5.06. The molecule has 1 heterocycles. The summed E-state index contributed by atoms with van der Waals surface area (Å²) < 4.78 is 0.956. The second-order valence-electron chi connectivity index (χ2n) is 3.50. The molecule has 4 nitrogen and oxygen atoms in total.